The number of aliphatic imine (C=N–C) groups is 1. The van der Waals surface area contributed by atoms with Gasteiger partial charge in [-0.1, -0.05) is 20.3 Å². The van der Waals surface area contributed by atoms with Crippen molar-refractivity contribution in [2.75, 3.05) is 13.2 Å². The molecule has 1 aliphatic heterocycles. The number of hydrogen-bond acceptors (Lipinski definition) is 2. The molecule has 0 aromatic rings. The van der Waals surface area contributed by atoms with Gasteiger partial charge in [-0.05, 0) is 12.3 Å². The van der Waals surface area contributed by atoms with Crippen LogP contribution in [0.1, 0.15) is 39.5 Å². The van der Waals surface area contributed by atoms with Crippen LogP contribution in [0.2, 0.25) is 0 Å². The Kier molecular flexibility index (Phi) is 4.12. The van der Waals surface area contributed by atoms with Crippen molar-refractivity contribution in [2.45, 2.75) is 39.5 Å². The summed E-state index contributed by atoms with van der Waals surface area (Å²) in [5.74, 6) is 1.79. The fourth-order valence-corrected chi connectivity index (χ4v) is 1.32. The van der Waals surface area contributed by atoms with Crippen LogP contribution < -0.4 is 0 Å². The molecule has 0 atom stereocenters. The summed E-state index contributed by atoms with van der Waals surface area (Å²) in [6.07, 6.45) is 4.63. The first-order valence-electron chi connectivity index (χ1n) is 4.95. The van der Waals surface area contributed by atoms with Crippen molar-refractivity contribution in [2.24, 2.45) is 10.9 Å². The van der Waals surface area contributed by atoms with E-state index in [0.717, 1.165) is 37.8 Å². The molecule has 1 rings (SSSR count). The molecule has 0 aromatic carbocycles. The van der Waals surface area contributed by atoms with Crippen molar-refractivity contribution in [3.8, 4) is 0 Å². The highest BCUT2D eigenvalue weighted by Gasteiger charge is 2.05. The standard InChI is InChI=1S/C10H19NO/c1-9(2)5-3-6-10-11-7-4-8-12-10/h9H,3-8H2,1-2H3. The summed E-state index contributed by atoms with van der Waals surface area (Å²) in [4.78, 5) is 4.32. The van der Waals surface area contributed by atoms with Gasteiger partial charge in [0, 0.05) is 19.4 Å². The third-order valence-corrected chi connectivity index (χ3v) is 2.03. The molecule has 0 bridgehead atoms. The zero-order valence-corrected chi connectivity index (χ0v) is 8.18. The first-order chi connectivity index (χ1) is 5.79. The Morgan fingerprint density at radius 2 is 2.33 bits per heavy atom. The van der Waals surface area contributed by atoms with Crippen LogP contribution in [-0.4, -0.2) is 19.0 Å². The van der Waals surface area contributed by atoms with Gasteiger partial charge >= 0.3 is 0 Å². The fraction of sp³-hybridized carbons (Fsp3) is 0.900. The topological polar surface area (TPSA) is 21.6 Å². The lowest BCUT2D eigenvalue weighted by atomic mass is 10.1. The summed E-state index contributed by atoms with van der Waals surface area (Å²) in [5, 5.41) is 0. The number of rotatable bonds is 4. The largest absolute Gasteiger partial charge is 0.481 e. The molecule has 1 aliphatic rings. The predicted molar refractivity (Wildman–Crippen MR) is 51.6 cm³/mol. The van der Waals surface area contributed by atoms with Crippen LogP contribution in [0.5, 0.6) is 0 Å². The molecule has 0 saturated carbocycles. The third kappa shape index (κ3) is 3.74. The lowest BCUT2D eigenvalue weighted by molar-refractivity contribution is 0.272. The van der Waals surface area contributed by atoms with Crippen molar-refractivity contribution in [1.29, 1.82) is 0 Å². The molecule has 0 N–H and O–H groups in total. The van der Waals surface area contributed by atoms with Gasteiger partial charge < -0.3 is 4.74 Å². The minimum atomic E-state index is 0.800. The lowest BCUT2D eigenvalue weighted by Crippen LogP contribution is -2.13. The molecule has 0 aliphatic carbocycles. The summed E-state index contributed by atoms with van der Waals surface area (Å²) in [7, 11) is 0. The molecule has 0 saturated heterocycles. The molecule has 0 fully saturated rings. The zero-order valence-electron chi connectivity index (χ0n) is 8.18. The Balaban J connectivity index is 2.09. The molecule has 2 nitrogen and oxygen atoms in total. The normalized spacial score (nSPS) is 17.4. The van der Waals surface area contributed by atoms with Gasteiger partial charge in [0.05, 0.1) is 6.61 Å². The van der Waals surface area contributed by atoms with Crippen molar-refractivity contribution in [3.63, 3.8) is 0 Å². The molecule has 12 heavy (non-hydrogen) atoms. The molecule has 0 unspecified atom stereocenters. The first kappa shape index (κ1) is 9.56. The highest BCUT2D eigenvalue weighted by Crippen LogP contribution is 2.09. The fourth-order valence-electron chi connectivity index (χ4n) is 1.32. The Morgan fingerprint density at radius 1 is 1.50 bits per heavy atom. The molecule has 0 amide bonds. The SMILES string of the molecule is CC(C)CCCC1=NCCCO1. The summed E-state index contributed by atoms with van der Waals surface area (Å²) in [5.41, 5.74) is 0. The van der Waals surface area contributed by atoms with Crippen molar-refractivity contribution < 1.29 is 4.74 Å². The second-order valence-corrected chi connectivity index (χ2v) is 3.76. The number of nitrogens with zero attached hydrogens (tertiary/aromatic N) is 1. The molecule has 1 heterocycles. The van der Waals surface area contributed by atoms with E-state index in [1.807, 2.05) is 0 Å². The predicted octanol–water partition coefficient (Wildman–Crippen LogP) is 2.63. The van der Waals surface area contributed by atoms with E-state index in [9.17, 15) is 0 Å². The van der Waals surface area contributed by atoms with E-state index in [1.165, 1.54) is 12.8 Å². The quantitative estimate of drug-likeness (QED) is 0.634. The molecule has 0 aromatic heterocycles. The van der Waals surface area contributed by atoms with Gasteiger partial charge in [-0.15, -0.1) is 0 Å². The zero-order chi connectivity index (χ0) is 8.81. The Bertz CT molecular complexity index is 152. The van der Waals surface area contributed by atoms with Crippen LogP contribution in [0.3, 0.4) is 0 Å². The summed E-state index contributed by atoms with van der Waals surface area (Å²) in [6.45, 7) is 6.35. The summed E-state index contributed by atoms with van der Waals surface area (Å²) >= 11 is 0. The van der Waals surface area contributed by atoms with Crippen LogP contribution in [0.15, 0.2) is 4.99 Å². The molecule has 2 heteroatoms. The molecule has 70 valence electrons. The molecule has 0 radical (unpaired) electrons. The number of hydrogen-bond donors (Lipinski definition) is 0. The molecular weight excluding hydrogens is 150 g/mol. The van der Waals surface area contributed by atoms with E-state index in [2.05, 4.69) is 18.8 Å². The van der Waals surface area contributed by atoms with Crippen LogP contribution in [0, 0.1) is 5.92 Å². The average Bonchev–Trinajstić information content (AvgIpc) is 2.05. The van der Waals surface area contributed by atoms with Gasteiger partial charge in [0.15, 0.2) is 5.90 Å². The van der Waals surface area contributed by atoms with Crippen LogP contribution in [0.4, 0.5) is 0 Å². The van der Waals surface area contributed by atoms with E-state index < -0.39 is 0 Å². The van der Waals surface area contributed by atoms with Gasteiger partial charge in [-0.2, -0.15) is 0 Å². The van der Waals surface area contributed by atoms with E-state index >= 15 is 0 Å². The summed E-state index contributed by atoms with van der Waals surface area (Å²) < 4.78 is 5.41. The number of ether oxygens (including phenoxy) is 1. The van der Waals surface area contributed by atoms with E-state index in [0.29, 0.717) is 0 Å². The highest BCUT2D eigenvalue weighted by molar-refractivity contribution is 5.76. The second kappa shape index (κ2) is 5.18. The van der Waals surface area contributed by atoms with Gasteiger partial charge in [-0.25, -0.2) is 0 Å². The Labute approximate surface area is 75.0 Å². The monoisotopic (exact) mass is 169 g/mol. The maximum Gasteiger partial charge on any atom is 0.183 e. The van der Waals surface area contributed by atoms with Crippen LogP contribution >= 0.6 is 0 Å². The van der Waals surface area contributed by atoms with Crippen molar-refractivity contribution >= 4 is 5.90 Å². The first-order valence-corrected chi connectivity index (χ1v) is 4.95. The minimum Gasteiger partial charge on any atom is -0.481 e. The minimum absolute atomic E-state index is 0.800. The lowest BCUT2D eigenvalue weighted by Gasteiger charge is -2.13. The maximum atomic E-state index is 5.41. The van der Waals surface area contributed by atoms with Crippen molar-refractivity contribution in [3.05, 3.63) is 0 Å². The second-order valence-electron chi connectivity index (χ2n) is 3.76. The van der Waals surface area contributed by atoms with Gasteiger partial charge in [0.25, 0.3) is 0 Å². The summed E-state index contributed by atoms with van der Waals surface area (Å²) in [6, 6.07) is 0. The van der Waals surface area contributed by atoms with E-state index in [1.54, 1.807) is 0 Å². The van der Waals surface area contributed by atoms with Crippen LogP contribution in [0.25, 0.3) is 0 Å². The average molecular weight is 169 g/mol. The molecular formula is C10H19NO. The third-order valence-electron chi connectivity index (χ3n) is 2.03. The smallest absolute Gasteiger partial charge is 0.183 e. The van der Waals surface area contributed by atoms with E-state index in [4.69, 9.17) is 4.74 Å². The maximum absolute atomic E-state index is 5.41. The van der Waals surface area contributed by atoms with Gasteiger partial charge in [-0.3, -0.25) is 4.99 Å². The van der Waals surface area contributed by atoms with E-state index in [-0.39, 0.29) is 0 Å². The van der Waals surface area contributed by atoms with Gasteiger partial charge in [0.1, 0.15) is 0 Å². The van der Waals surface area contributed by atoms with Gasteiger partial charge in [0.2, 0.25) is 0 Å². The van der Waals surface area contributed by atoms with Crippen molar-refractivity contribution in [1.82, 2.24) is 0 Å². The highest BCUT2D eigenvalue weighted by atomic mass is 16.5. The molecule has 0 spiro atoms. The Hall–Kier alpha value is -0.530. The Morgan fingerprint density at radius 3 is 2.92 bits per heavy atom. The van der Waals surface area contributed by atoms with Crippen LogP contribution in [-0.2, 0) is 4.74 Å².